The topological polar surface area (TPSA) is 78.4 Å². The molecule has 1 rings (SSSR count). The molecule has 1 aromatic rings. The van der Waals surface area contributed by atoms with Crippen LogP contribution in [-0.2, 0) is 11.3 Å². The van der Waals surface area contributed by atoms with E-state index in [9.17, 15) is 9.59 Å². The number of amides is 2. The smallest absolute Gasteiger partial charge is 0.315 e. The molecule has 0 bridgehead atoms. The molecule has 0 aliphatic rings. The minimum atomic E-state index is -0.867. The van der Waals surface area contributed by atoms with Crippen molar-refractivity contribution in [2.45, 2.75) is 33.7 Å². The summed E-state index contributed by atoms with van der Waals surface area (Å²) in [6.45, 7) is 6.56. The summed E-state index contributed by atoms with van der Waals surface area (Å²) in [5.74, 6) is -1.12. The molecular formula is C14H22N2O3S. The summed E-state index contributed by atoms with van der Waals surface area (Å²) in [4.78, 5) is 23.8. The lowest BCUT2D eigenvalue weighted by Crippen LogP contribution is -2.39. The Hall–Kier alpha value is -1.56. The highest BCUT2D eigenvalue weighted by Crippen LogP contribution is 2.14. The molecule has 2 amide bonds. The van der Waals surface area contributed by atoms with Crippen molar-refractivity contribution in [2.24, 2.45) is 11.8 Å². The van der Waals surface area contributed by atoms with Gasteiger partial charge in [0.25, 0.3) is 0 Å². The molecule has 0 radical (unpaired) electrons. The van der Waals surface area contributed by atoms with Gasteiger partial charge in [-0.2, -0.15) is 0 Å². The van der Waals surface area contributed by atoms with E-state index in [1.54, 1.807) is 11.3 Å². The highest BCUT2D eigenvalue weighted by atomic mass is 32.1. The highest BCUT2D eigenvalue weighted by Gasteiger charge is 2.19. The van der Waals surface area contributed by atoms with Gasteiger partial charge in [0, 0.05) is 11.4 Å². The van der Waals surface area contributed by atoms with Crippen molar-refractivity contribution in [2.75, 3.05) is 6.54 Å². The van der Waals surface area contributed by atoms with Gasteiger partial charge < -0.3 is 15.7 Å². The van der Waals surface area contributed by atoms with Gasteiger partial charge in [-0.15, -0.1) is 11.3 Å². The number of hydrogen-bond acceptors (Lipinski definition) is 3. The second-order valence-corrected chi connectivity index (χ2v) is 6.26. The van der Waals surface area contributed by atoms with Crippen LogP contribution in [0.5, 0.6) is 0 Å². The molecule has 20 heavy (non-hydrogen) atoms. The van der Waals surface area contributed by atoms with Crippen LogP contribution in [0.15, 0.2) is 11.4 Å². The molecule has 0 aliphatic carbocycles. The first-order chi connectivity index (χ1) is 9.40. The summed E-state index contributed by atoms with van der Waals surface area (Å²) in [7, 11) is 0. The summed E-state index contributed by atoms with van der Waals surface area (Å²) >= 11 is 1.59. The van der Waals surface area contributed by atoms with Gasteiger partial charge in [-0.3, -0.25) is 4.79 Å². The Bertz CT molecular complexity index is 457. The lowest BCUT2D eigenvalue weighted by molar-refractivity contribution is -0.142. The van der Waals surface area contributed by atoms with E-state index in [0.29, 0.717) is 13.0 Å². The predicted molar refractivity (Wildman–Crippen MR) is 79.9 cm³/mol. The number of aryl methyl sites for hydroxylation is 1. The molecule has 0 saturated carbocycles. The van der Waals surface area contributed by atoms with E-state index in [-0.39, 0.29) is 18.5 Å². The molecule has 0 saturated heterocycles. The van der Waals surface area contributed by atoms with Crippen molar-refractivity contribution in [1.29, 1.82) is 0 Å². The van der Waals surface area contributed by atoms with Crippen LogP contribution in [0.25, 0.3) is 0 Å². The van der Waals surface area contributed by atoms with E-state index in [4.69, 9.17) is 5.11 Å². The minimum Gasteiger partial charge on any atom is -0.481 e. The highest BCUT2D eigenvalue weighted by molar-refractivity contribution is 7.10. The maximum absolute atomic E-state index is 11.7. The lowest BCUT2D eigenvalue weighted by atomic mass is 9.97. The Morgan fingerprint density at radius 3 is 2.55 bits per heavy atom. The number of carboxylic acid groups (broad SMARTS) is 1. The van der Waals surface area contributed by atoms with Gasteiger partial charge in [0.1, 0.15) is 0 Å². The Kier molecular flexibility index (Phi) is 6.51. The normalized spacial score (nSPS) is 12.2. The minimum absolute atomic E-state index is 0.156. The Morgan fingerprint density at radius 2 is 2.05 bits per heavy atom. The van der Waals surface area contributed by atoms with E-state index in [1.165, 1.54) is 0 Å². The van der Waals surface area contributed by atoms with Crippen molar-refractivity contribution in [1.82, 2.24) is 10.6 Å². The van der Waals surface area contributed by atoms with E-state index in [2.05, 4.69) is 10.6 Å². The van der Waals surface area contributed by atoms with Crippen LogP contribution in [0, 0.1) is 18.8 Å². The molecule has 0 fully saturated rings. The van der Waals surface area contributed by atoms with E-state index in [0.717, 1.165) is 10.4 Å². The fourth-order valence-electron chi connectivity index (χ4n) is 1.86. The molecule has 0 aliphatic heterocycles. The molecule has 112 valence electrons. The molecule has 5 nitrogen and oxygen atoms in total. The van der Waals surface area contributed by atoms with Crippen LogP contribution in [0.1, 0.15) is 30.7 Å². The molecule has 0 spiro atoms. The second kappa shape index (κ2) is 7.89. The number of thiophene rings is 1. The van der Waals surface area contributed by atoms with Crippen molar-refractivity contribution in [3.8, 4) is 0 Å². The third-order valence-corrected chi connectivity index (χ3v) is 4.01. The second-order valence-electron chi connectivity index (χ2n) is 5.26. The molecule has 1 unspecified atom stereocenters. The first kappa shape index (κ1) is 16.5. The largest absolute Gasteiger partial charge is 0.481 e. The molecule has 1 heterocycles. The van der Waals surface area contributed by atoms with Gasteiger partial charge in [0.15, 0.2) is 0 Å². The van der Waals surface area contributed by atoms with Crippen LogP contribution < -0.4 is 10.6 Å². The Labute approximate surface area is 123 Å². The maximum atomic E-state index is 11.7. The quantitative estimate of drug-likeness (QED) is 0.724. The fraction of sp³-hybridized carbons (Fsp3) is 0.571. The summed E-state index contributed by atoms with van der Waals surface area (Å²) in [5.41, 5.74) is 1.15. The first-order valence-electron chi connectivity index (χ1n) is 6.67. The van der Waals surface area contributed by atoms with Gasteiger partial charge >= 0.3 is 12.0 Å². The zero-order valence-electron chi connectivity index (χ0n) is 12.1. The summed E-state index contributed by atoms with van der Waals surface area (Å²) in [6.07, 6.45) is 0.555. The van der Waals surface area contributed by atoms with Crippen LogP contribution in [0.3, 0.4) is 0 Å². The lowest BCUT2D eigenvalue weighted by Gasteiger charge is -2.15. The Morgan fingerprint density at radius 1 is 1.35 bits per heavy atom. The van der Waals surface area contributed by atoms with Gasteiger partial charge in [-0.05, 0) is 36.3 Å². The monoisotopic (exact) mass is 298 g/mol. The van der Waals surface area contributed by atoms with Crippen LogP contribution in [0.4, 0.5) is 4.79 Å². The zero-order chi connectivity index (χ0) is 15.1. The summed E-state index contributed by atoms with van der Waals surface area (Å²) in [5, 5.41) is 16.4. The Balaban J connectivity index is 2.34. The summed E-state index contributed by atoms with van der Waals surface area (Å²) < 4.78 is 0. The van der Waals surface area contributed by atoms with Crippen molar-refractivity contribution in [3.05, 3.63) is 21.9 Å². The number of rotatable bonds is 7. The third kappa shape index (κ3) is 5.61. The van der Waals surface area contributed by atoms with Crippen molar-refractivity contribution in [3.63, 3.8) is 0 Å². The van der Waals surface area contributed by atoms with E-state index >= 15 is 0 Å². The molecule has 3 N–H and O–H groups in total. The molecule has 1 aromatic heterocycles. The number of urea groups is 1. The average Bonchev–Trinajstić information content (AvgIpc) is 2.76. The van der Waals surface area contributed by atoms with Crippen LogP contribution >= 0.6 is 11.3 Å². The van der Waals surface area contributed by atoms with E-state index < -0.39 is 11.9 Å². The molecule has 6 heteroatoms. The average molecular weight is 298 g/mol. The fourth-order valence-corrected chi connectivity index (χ4v) is 2.71. The van der Waals surface area contributed by atoms with Gasteiger partial charge in [0.05, 0.1) is 12.5 Å². The number of carbonyl (C=O) groups excluding carboxylic acids is 1. The van der Waals surface area contributed by atoms with E-state index in [1.807, 2.05) is 32.2 Å². The molecular weight excluding hydrogens is 276 g/mol. The number of carboxylic acids is 1. The predicted octanol–water partition coefficient (Wildman–Crippen LogP) is 2.60. The third-order valence-electron chi connectivity index (χ3n) is 2.99. The van der Waals surface area contributed by atoms with Crippen molar-refractivity contribution >= 4 is 23.3 Å². The zero-order valence-corrected chi connectivity index (χ0v) is 12.9. The number of carbonyl (C=O) groups is 2. The standard InChI is InChI=1S/C14H22N2O3S/c1-9(2)6-11(13(17)18)7-15-14(19)16-8-12-10(3)4-5-20-12/h4-5,9,11H,6-8H2,1-3H3,(H,17,18)(H2,15,16,19). The first-order valence-corrected chi connectivity index (χ1v) is 7.55. The number of hydrogen-bond donors (Lipinski definition) is 3. The maximum Gasteiger partial charge on any atom is 0.315 e. The SMILES string of the molecule is Cc1ccsc1CNC(=O)NCC(CC(C)C)C(=O)O. The van der Waals surface area contributed by atoms with Gasteiger partial charge in [-0.25, -0.2) is 4.79 Å². The van der Waals surface area contributed by atoms with Gasteiger partial charge in [-0.1, -0.05) is 13.8 Å². The van der Waals surface area contributed by atoms with Crippen molar-refractivity contribution < 1.29 is 14.7 Å². The number of nitrogens with one attached hydrogen (secondary N) is 2. The summed E-state index contributed by atoms with van der Waals surface area (Å²) in [6, 6.07) is 1.68. The van der Waals surface area contributed by atoms with Gasteiger partial charge in [0.2, 0.25) is 0 Å². The molecule has 1 atom stereocenters. The van der Waals surface area contributed by atoms with Crippen LogP contribution in [-0.4, -0.2) is 23.7 Å². The number of aliphatic carboxylic acids is 1. The van der Waals surface area contributed by atoms with Crippen LogP contribution in [0.2, 0.25) is 0 Å². The molecule has 0 aromatic carbocycles.